The summed E-state index contributed by atoms with van der Waals surface area (Å²) in [5.41, 5.74) is 0.790. The first-order valence-corrected chi connectivity index (χ1v) is 11.4. The predicted molar refractivity (Wildman–Crippen MR) is 111 cm³/mol. The van der Waals surface area contributed by atoms with Gasteiger partial charge in [-0.3, -0.25) is 9.59 Å². The molecule has 31 heavy (non-hydrogen) atoms. The van der Waals surface area contributed by atoms with Gasteiger partial charge in [-0.25, -0.2) is 9.37 Å². The molecule has 1 amide bonds. The average Bonchev–Trinajstić information content (AvgIpc) is 3.22. The summed E-state index contributed by atoms with van der Waals surface area (Å²) >= 11 is 0. The lowest BCUT2D eigenvalue weighted by Gasteiger charge is -2.30. The second-order valence-corrected chi connectivity index (χ2v) is 10.1. The summed E-state index contributed by atoms with van der Waals surface area (Å²) in [6.45, 7) is 0.657. The number of carbonyl (C=O) groups is 1. The van der Waals surface area contributed by atoms with Crippen molar-refractivity contribution in [1.29, 1.82) is 0 Å². The molecule has 1 saturated heterocycles. The number of carbonyl (C=O) groups excluding carboxylic acids is 1. The van der Waals surface area contributed by atoms with E-state index >= 15 is 0 Å². The quantitative estimate of drug-likeness (QED) is 0.751. The summed E-state index contributed by atoms with van der Waals surface area (Å²) in [4.78, 5) is 34.6. The maximum Gasteiger partial charge on any atom is 0.281 e. The summed E-state index contributed by atoms with van der Waals surface area (Å²) < 4.78 is 41.0. The molecule has 9 nitrogen and oxygen atoms in total. The van der Waals surface area contributed by atoms with Gasteiger partial charge in [0, 0.05) is 38.3 Å². The number of H-pyrrole nitrogens is 1. The Labute approximate surface area is 179 Å². The highest BCUT2D eigenvalue weighted by Crippen LogP contribution is 2.32. The van der Waals surface area contributed by atoms with Gasteiger partial charge < -0.3 is 9.88 Å². The number of benzene rings is 1. The van der Waals surface area contributed by atoms with Crippen LogP contribution in [0.1, 0.15) is 46.3 Å². The standard InChI is InChI=1S/C20H24FN5O4S/c1-24(2)31(29,30)25-10-8-15-16(12-25)22-18(23-19(15)27)17-7-4-9-26(17)20(28)13-5-3-6-14(21)11-13/h3,5-6,11,17H,4,7-10,12H2,1-2H3,(H,22,23,27)/t17-/m1/s1. The zero-order valence-corrected chi connectivity index (χ0v) is 18.2. The Balaban J connectivity index is 1.65. The number of rotatable bonds is 4. The van der Waals surface area contributed by atoms with Crippen molar-refractivity contribution < 1.29 is 17.6 Å². The number of halogens is 1. The fourth-order valence-corrected chi connectivity index (χ4v) is 5.17. The lowest BCUT2D eigenvalue weighted by molar-refractivity contribution is 0.0728. The maximum atomic E-state index is 13.6. The normalized spacial score (nSPS) is 19.6. The van der Waals surface area contributed by atoms with E-state index in [0.29, 0.717) is 36.5 Å². The van der Waals surface area contributed by atoms with Gasteiger partial charge in [0.1, 0.15) is 11.6 Å². The second kappa shape index (κ2) is 8.13. The molecule has 2 aliphatic rings. The predicted octanol–water partition coefficient (Wildman–Crippen LogP) is 1.05. The Morgan fingerprint density at radius 2 is 2.06 bits per heavy atom. The molecule has 0 bridgehead atoms. The third-order valence-electron chi connectivity index (χ3n) is 5.75. The van der Waals surface area contributed by atoms with Gasteiger partial charge in [0.2, 0.25) is 0 Å². The molecule has 1 aromatic heterocycles. The molecule has 0 saturated carbocycles. The molecule has 0 aliphatic carbocycles. The topological polar surface area (TPSA) is 107 Å². The Bertz CT molecular complexity index is 1180. The van der Waals surface area contributed by atoms with Crippen molar-refractivity contribution in [3.63, 3.8) is 0 Å². The molecular weight excluding hydrogens is 425 g/mol. The van der Waals surface area contributed by atoms with Crippen molar-refractivity contribution in [3.8, 4) is 0 Å². The Morgan fingerprint density at radius 1 is 1.29 bits per heavy atom. The van der Waals surface area contributed by atoms with Crippen LogP contribution in [0, 0.1) is 5.82 Å². The van der Waals surface area contributed by atoms with Crippen molar-refractivity contribution in [3.05, 3.63) is 63.1 Å². The van der Waals surface area contributed by atoms with E-state index in [1.54, 1.807) is 11.0 Å². The van der Waals surface area contributed by atoms with E-state index in [1.807, 2.05) is 0 Å². The summed E-state index contributed by atoms with van der Waals surface area (Å²) in [5.74, 6) is -0.501. The van der Waals surface area contributed by atoms with Crippen molar-refractivity contribution in [2.75, 3.05) is 27.2 Å². The van der Waals surface area contributed by atoms with Crippen LogP contribution in [-0.2, 0) is 23.2 Å². The molecule has 0 radical (unpaired) electrons. The minimum atomic E-state index is -3.64. The van der Waals surface area contributed by atoms with Crippen LogP contribution in [0.3, 0.4) is 0 Å². The largest absolute Gasteiger partial charge is 0.328 e. The minimum Gasteiger partial charge on any atom is -0.328 e. The number of amides is 1. The van der Waals surface area contributed by atoms with Gasteiger partial charge >= 0.3 is 0 Å². The van der Waals surface area contributed by atoms with Crippen LogP contribution in [0.15, 0.2) is 29.1 Å². The molecule has 2 aromatic rings. The molecule has 1 aromatic carbocycles. The Morgan fingerprint density at radius 3 is 2.77 bits per heavy atom. The maximum absolute atomic E-state index is 13.6. The summed E-state index contributed by atoms with van der Waals surface area (Å²) in [6, 6.07) is 5.02. The number of likely N-dealkylation sites (tertiary alicyclic amines) is 1. The SMILES string of the molecule is CN(C)S(=O)(=O)N1CCc2c(nc([C@H]3CCCN3C(=O)c3cccc(F)c3)[nH]c2=O)C1. The fourth-order valence-electron chi connectivity index (χ4n) is 4.10. The van der Waals surface area contributed by atoms with Crippen molar-refractivity contribution >= 4 is 16.1 Å². The van der Waals surface area contributed by atoms with E-state index in [9.17, 15) is 22.4 Å². The van der Waals surface area contributed by atoms with Crippen LogP contribution in [0.2, 0.25) is 0 Å². The highest BCUT2D eigenvalue weighted by Gasteiger charge is 2.35. The van der Waals surface area contributed by atoms with E-state index in [2.05, 4.69) is 9.97 Å². The van der Waals surface area contributed by atoms with E-state index < -0.39 is 22.1 Å². The van der Waals surface area contributed by atoms with E-state index in [1.165, 1.54) is 36.6 Å². The number of aromatic amines is 1. The smallest absolute Gasteiger partial charge is 0.281 e. The monoisotopic (exact) mass is 449 g/mol. The van der Waals surface area contributed by atoms with Crippen LogP contribution >= 0.6 is 0 Å². The van der Waals surface area contributed by atoms with Crippen LogP contribution in [0.5, 0.6) is 0 Å². The molecule has 166 valence electrons. The molecule has 11 heteroatoms. The number of hydrogen-bond acceptors (Lipinski definition) is 5. The number of nitrogens with zero attached hydrogens (tertiary/aromatic N) is 4. The third-order valence-corrected chi connectivity index (χ3v) is 7.63. The lowest BCUT2D eigenvalue weighted by atomic mass is 10.1. The molecule has 1 fully saturated rings. The summed E-state index contributed by atoms with van der Waals surface area (Å²) in [5, 5.41) is 0. The average molecular weight is 450 g/mol. The Kier molecular flexibility index (Phi) is 5.67. The fraction of sp³-hybridized carbons (Fsp3) is 0.450. The molecule has 2 aliphatic heterocycles. The minimum absolute atomic E-state index is 0.00265. The molecule has 1 atom stereocenters. The summed E-state index contributed by atoms with van der Waals surface area (Å²) in [7, 11) is -0.729. The van der Waals surface area contributed by atoms with Gasteiger partial charge in [0.05, 0.1) is 18.3 Å². The van der Waals surface area contributed by atoms with Gasteiger partial charge in [-0.05, 0) is 37.5 Å². The van der Waals surface area contributed by atoms with Crippen molar-refractivity contribution in [1.82, 2.24) is 23.5 Å². The molecule has 0 spiro atoms. The van der Waals surface area contributed by atoms with E-state index in [0.717, 1.165) is 4.31 Å². The van der Waals surface area contributed by atoms with Crippen LogP contribution in [0.25, 0.3) is 0 Å². The number of nitrogens with one attached hydrogen (secondary N) is 1. The first-order valence-electron chi connectivity index (χ1n) is 10.0. The van der Waals surface area contributed by atoms with Crippen LogP contribution in [0.4, 0.5) is 4.39 Å². The van der Waals surface area contributed by atoms with Gasteiger partial charge in [-0.2, -0.15) is 17.0 Å². The van der Waals surface area contributed by atoms with Gasteiger partial charge in [0.25, 0.3) is 21.7 Å². The molecular formula is C20H24FN5O4S. The Hall–Kier alpha value is -2.63. The van der Waals surface area contributed by atoms with Gasteiger partial charge in [-0.15, -0.1) is 0 Å². The number of fused-ring (bicyclic) bond motifs is 1. The first-order chi connectivity index (χ1) is 14.7. The van der Waals surface area contributed by atoms with Crippen molar-refractivity contribution in [2.45, 2.75) is 31.8 Å². The highest BCUT2D eigenvalue weighted by molar-refractivity contribution is 7.86. The zero-order chi connectivity index (χ0) is 22.3. The van der Waals surface area contributed by atoms with Crippen LogP contribution < -0.4 is 5.56 Å². The molecule has 3 heterocycles. The third kappa shape index (κ3) is 4.00. The molecule has 1 N–H and O–H groups in total. The summed E-state index contributed by atoms with van der Waals surface area (Å²) in [6.07, 6.45) is 1.58. The molecule has 0 unspecified atom stereocenters. The number of hydrogen-bond donors (Lipinski definition) is 1. The van der Waals surface area contributed by atoms with E-state index in [4.69, 9.17) is 0 Å². The lowest BCUT2D eigenvalue weighted by Crippen LogP contribution is -2.44. The molecule has 4 rings (SSSR count). The van der Waals surface area contributed by atoms with Crippen LogP contribution in [-0.4, -0.2) is 65.0 Å². The van der Waals surface area contributed by atoms with Gasteiger partial charge in [-0.1, -0.05) is 6.07 Å². The van der Waals surface area contributed by atoms with Gasteiger partial charge in [0.15, 0.2) is 0 Å². The highest BCUT2D eigenvalue weighted by atomic mass is 32.2. The second-order valence-electron chi connectivity index (χ2n) is 7.92. The van der Waals surface area contributed by atoms with E-state index in [-0.39, 0.29) is 36.5 Å². The zero-order valence-electron chi connectivity index (χ0n) is 17.3. The number of aromatic nitrogens is 2. The first kappa shape index (κ1) is 21.6. The van der Waals surface area contributed by atoms with Crippen molar-refractivity contribution in [2.24, 2.45) is 0 Å².